The van der Waals surface area contributed by atoms with Crippen molar-refractivity contribution < 1.29 is 21.8 Å². The Balaban J connectivity index is 1.52. The maximum Gasteiger partial charge on any atom is 0.297 e. The van der Waals surface area contributed by atoms with Crippen molar-refractivity contribution in [1.82, 2.24) is 4.98 Å². The van der Waals surface area contributed by atoms with Crippen molar-refractivity contribution in [2.75, 3.05) is 31.2 Å². The molecule has 3 aromatic carbocycles. The van der Waals surface area contributed by atoms with Gasteiger partial charge in [-0.1, -0.05) is 56.7 Å². The summed E-state index contributed by atoms with van der Waals surface area (Å²) < 4.78 is 44.2. The van der Waals surface area contributed by atoms with Gasteiger partial charge in [0.25, 0.3) is 10.1 Å². The van der Waals surface area contributed by atoms with Crippen LogP contribution in [-0.4, -0.2) is 54.1 Å². The van der Waals surface area contributed by atoms with E-state index in [0.717, 1.165) is 40.8 Å². The number of fused-ring (bicyclic) bond motifs is 1. The van der Waals surface area contributed by atoms with Crippen LogP contribution in [0, 0.1) is 6.92 Å². The highest BCUT2D eigenvalue weighted by Crippen LogP contribution is 2.37. The molecule has 0 aliphatic heterocycles. The summed E-state index contributed by atoms with van der Waals surface area (Å²) in [4.78, 5) is 7.36. The van der Waals surface area contributed by atoms with Gasteiger partial charge in [0.2, 0.25) is 0 Å². The minimum Gasteiger partial charge on any atom is -0.491 e. The number of hydrogen-bond acceptors (Lipinski definition) is 7. The molecule has 0 amide bonds. The molecule has 0 aliphatic rings. The van der Waals surface area contributed by atoms with Gasteiger partial charge >= 0.3 is 0 Å². The Bertz CT molecular complexity index is 1650. The number of ether oxygens (including phenoxy) is 1. The van der Waals surface area contributed by atoms with Crippen LogP contribution in [0.5, 0.6) is 5.75 Å². The topological polar surface area (TPSA) is 78.0 Å². The number of hydrogen-bond donors (Lipinski definition) is 0. The molecule has 0 aliphatic carbocycles. The summed E-state index contributed by atoms with van der Waals surface area (Å²) in [5.41, 5.74) is 4.91. The van der Waals surface area contributed by atoms with Crippen LogP contribution in [0.4, 0.5) is 5.69 Å². The number of benzene rings is 3. The van der Waals surface area contributed by atoms with Gasteiger partial charge in [0, 0.05) is 35.8 Å². The molecule has 4 rings (SSSR count). The monoisotopic (exact) mass is 634 g/mol. The summed E-state index contributed by atoms with van der Waals surface area (Å²) in [6, 6.07) is 25.0. The summed E-state index contributed by atoms with van der Waals surface area (Å²) in [5, 5.41) is 0.927. The van der Waals surface area contributed by atoms with E-state index in [4.69, 9.17) is 18.3 Å². The van der Waals surface area contributed by atoms with Crippen LogP contribution in [0.25, 0.3) is 22.2 Å². The second-order valence-electron chi connectivity index (χ2n) is 12.6. The van der Waals surface area contributed by atoms with Crippen molar-refractivity contribution in [2.24, 2.45) is 0 Å². The second-order valence-corrected chi connectivity index (χ2v) is 19.0. The van der Waals surface area contributed by atoms with E-state index in [1.807, 2.05) is 31.2 Å². The van der Waals surface area contributed by atoms with Gasteiger partial charge in [-0.15, -0.1) is 0 Å². The summed E-state index contributed by atoms with van der Waals surface area (Å²) >= 11 is 0. The lowest BCUT2D eigenvalue weighted by Gasteiger charge is -2.39. The molecule has 0 saturated heterocycles. The van der Waals surface area contributed by atoms with Gasteiger partial charge < -0.3 is 14.1 Å². The van der Waals surface area contributed by atoms with Crippen LogP contribution in [0.1, 0.15) is 40.2 Å². The first-order chi connectivity index (χ1) is 20.7. The highest BCUT2D eigenvalue weighted by Gasteiger charge is 2.39. The fourth-order valence-electron chi connectivity index (χ4n) is 4.62. The Kier molecular flexibility index (Phi) is 10.6. The molecule has 4 aromatic rings. The molecule has 1 unspecified atom stereocenters. The summed E-state index contributed by atoms with van der Waals surface area (Å²) in [7, 11) is -6.21. The molecular formula is C35H46N2O5SSi. The predicted molar refractivity (Wildman–Crippen MR) is 183 cm³/mol. The number of aromatic nitrogens is 1. The van der Waals surface area contributed by atoms with Crippen molar-refractivity contribution in [3.8, 4) is 17.0 Å². The number of aryl methyl sites for hydroxylation is 1. The Labute approximate surface area is 264 Å². The van der Waals surface area contributed by atoms with Crippen LogP contribution in [0.3, 0.4) is 0 Å². The maximum atomic E-state index is 12.9. The fraction of sp³-hybridized carbons (Fsp3) is 0.400. The molecule has 44 heavy (non-hydrogen) atoms. The third kappa shape index (κ3) is 8.27. The minimum atomic E-state index is -3.95. The molecule has 0 spiro atoms. The van der Waals surface area contributed by atoms with Gasteiger partial charge in [0.05, 0.1) is 22.7 Å². The zero-order chi connectivity index (χ0) is 32.1. The lowest BCUT2D eigenvalue weighted by molar-refractivity contribution is 0.0727. The quantitative estimate of drug-likeness (QED) is 0.108. The molecule has 7 nitrogen and oxygen atoms in total. The van der Waals surface area contributed by atoms with E-state index in [-0.39, 0.29) is 23.1 Å². The van der Waals surface area contributed by atoms with Gasteiger partial charge in [-0.3, -0.25) is 4.18 Å². The summed E-state index contributed by atoms with van der Waals surface area (Å²) in [6.45, 7) is 18.8. The third-order valence-electron chi connectivity index (χ3n) is 8.38. The van der Waals surface area contributed by atoms with Crippen LogP contribution in [0.2, 0.25) is 18.1 Å². The highest BCUT2D eigenvalue weighted by molar-refractivity contribution is 7.86. The van der Waals surface area contributed by atoms with E-state index in [1.165, 1.54) is 5.69 Å². The molecule has 0 radical (unpaired) electrons. The summed E-state index contributed by atoms with van der Waals surface area (Å²) in [5.74, 6) is 0.629. The largest absolute Gasteiger partial charge is 0.491 e. The Hall–Kier alpha value is -3.24. The predicted octanol–water partition coefficient (Wildman–Crippen LogP) is 8.23. The van der Waals surface area contributed by atoms with E-state index in [2.05, 4.69) is 82.9 Å². The Morgan fingerprint density at radius 2 is 1.50 bits per heavy atom. The van der Waals surface area contributed by atoms with Gasteiger partial charge in [-0.2, -0.15) is 8.42 Å². The second kappa shape index (κ2) is 13.8. The normalized spacial score (nSPS) is 13.2. The molecule has 0 fully saturated rings. The summed E-state index contributed by atoms with van der Waals surface area (Å²) in [6.07, 6.45) is -0.588. The molecule has 0 saturated carbocycles. The maximum absolute atomic E-state index is 12.9. The average Bonchev–Trinajstić information content (AvgIpc) is 2.98. The van der Waals surface area contributed by atoms with Crippen molar-refractivity contribution in [1.29, 1.82) is 0 Å². The molecule has 1 aromatic heterocycles. The van der Waals surface area contributed by atoms with Gasteiger partial charge in [-0.05, 0) is 81.4 Å². The van der Waals surface area contributed by atoms with Crippen molar-refractivity contribution in [3.63, 3.8) is 0 Å². The third-order valence-corrected chi connectivity index (χ3v) is 14.2. The fourth-order valence-corrected chi connectivity index (χ4v) is 6.88. The van der Waals surface area contributed by atoms with E-state index in [1.54, 1.807) is 24.3 Å². The van der Waals surface area contributed by atoms with E-state index >= 15 is 0 Å². The molecule has 236 valence electrons. The Morgan fingerprint density at radius 1 is 0.864 bits per heavy atom. The SMILES string of the molecule is CCN(CC)c1ccc(-c2ccc3ccc(OCC(COS(=O)(=O)c4ccc(C)cc4)O[Si](C)(C)C(C)(C)C)cc3n2)cc1. The van der Waals surface area contributed by atoms with E-state index < -0.39 is 24.5 Å². The number of nitrogens with zero attached hydrogens (tertiary/aromatic N) is 2. The van der Waals surface area contributed by atoms with Gasteiger partial charge in [0.1, 0.15) is 18.5 Å². The van der Waals surface area contributed by atoms with Crippen molar-refractivity contribution in [3.05, 3.63) is 84.4 Å². The lowest BCUT2D eigenvalue weighted by Crippen LogP contribution is -2.46. The average molecular weight is 635 g/mol. The zero-order valence-electron chi connectivity index (χ0n) is 27.3. The first-order valence-electron chi connectivity index (χ1n) is 15.3. The first-order valence-corrected chi connectivity index (χ1v) is 19.6. The van der Waals surface area contributed by atoms with Crippen LogP contribution < -0.4 is 9.64 Å². The molecule has 0 N–H and O–H groups in total. The zero-order valence-corrected chi connectivity index (χ0v) is 29.1. The van der Waals surface area contributed by atoms with Crippen LogP contribution >= 0.6 is 0 Å². The van der Waals surface area contributed by atoms with Crippen LogP contribution in [0.15, 0.2) is 83.8 Å². The molecule has 1 atom stereocenters. The minimum absolute atomic E-state index is 0.0755. The van der Waals surface area contributed by atoms with Gasteiger partial charge in [0.15, 0.2) is 8.32 Å². The van der Waals surface area contributed by atoms with Crippen molar-refractivity contribution in [2.45, 2.75) is 70.7 Å². The Morgan fingerprint density at radius 3 is 2.11 bits per heavy atom. The number of rotatable bonds is 13. The van der Waals surface area contributed by atoms with Crippen LogP contribution in [-0.2, 0) is 18.7 Å². The lowest BCUT2D eigenvalue weighted by atomic mass is 10.1. The molecule has 9 heteroatoms. The van der Waals surface area contributed by atoms with Gasteiger partial charge in [-0.25, -0.2) is 4.98 Å². The number of anilines is 1. The molecule has 0 bridgehead atoms. The van der Waals surface area contributed by atoms with Crippen molar-refractivity contribution >= 4 is 35.0 Å². The highest BCUT2D eigenvalue weighted by atomic mass is 32.2. The number of pyridine rings is 1. The molecule has 1 heterocycles. The first kappa shape index (κ1) is 33.6. The smallest absolute Gasteiger partial charge is 0.297 e. The van der Waals surface area contributed by atoms with E-state index in [0.29, 0.717) is 5.75 Å². The molecular weight excluding hydrogens is 589 g/mol. The van der Waals surface area contributed by atoms with E-state index in [9.17, 15) is 8.42 Å². The standard InChI is InChI=1S/C35H46N2O5SSi/c1-9-37(10-2)29-17-13-27(14-18-29)33-22-16-28-15-19-30(23-34(28)36-33)40-24-31(42-44(7,8)35(4,5)6)25-41-43(38,39)32-20-11-26(3)12-21-32/h11-23,31H,9-10,24-25H2,1-8H3.